The lowest BCUT2D eigenvalue weighted by Crippen LogP contribution is -2.81. The van der Waals surface area contributed by atoms with E-state index in [0.29, 0.717) is 18.6 Å². The van der Waals surface area contributed by atoms with E-state index in [-0.39, 0.29) is 23.5 Å². The Morgan fingerprint density at radius 1 is 1.36 bits per heavy atom. The number of phenols is 1. The molecule has 2 N–H and O–H groups in total. The number of rotatable bonds is 3. The van der Waals surface area contributed by atoms with E-state index in [1.165, 1.54) is 12.8 Å². The highest BCUT2D eigenvalue weighted by atomic mass is 16.5. The van der Waals surface area contributed by atoms with Crippen LogP contribution in [-0.2, 0) is 21.4 Å². The third-order valence-corrected chi connectivity index (χ3v) is 8.01. The first-order chi connectivity index (χ1) is 13.5. The van der Waals surface area contributed by atoms with E-state index in [1.54, 1.807) is 13.0 Å². The van der Waals surface area contributed by atoms with Gasteiger partial charge in [-0.1, -0.05) is 6.07 Å². The molecule has 3 aliphatic carbocycles. The van der Waals surface area contributed by atoms with Gasteiger partial charge in [0.2, 0.25) is 5.91 Å². The Bertz CT molecular complexity index is 910. The maximum Gasteiger partial charge on any atom is 0.217 e. The molecular weight excluding hydrogens is 356 g/mol. The molecule has 5 aliphatic rings. The van der Waals surface area contributed by atoms with Gasteiger partial charge in [-0.15, -0.1) is 0 Å². The van der Waals surface area contributed by atoms with Gasteiger partial charge >= 0.3 is 0 Å². The molecule has 4 atom stereocenters. The summed E-state index contributed by atoms with van der Waals surface area (Å²) in [7, 11) is 0. The molecule has 2 saturated carbocycles. The Balaban J connectivity index is 1.60. The fourth-order valence-electron chi connectivity index (χ4n) is 6.88. The van der Waals surface area contributed by atoms with Crippen LogP contribution in [0.5, 0.6) is 11.5 Å². The van der Waals surface area contributed by atoms with Crippen molar-refractivity contribution < 1.29 is 19.4 Å². The van der Waals surface area contributed by atoms with Crippen molar-refractivity contribution in [1.29, 1.82) is 0 Å². The number of carbonyl (C=O) groups is 2. The van der Waals surface area contributed by atoms with Crippen LogP contribution in [-0.4, -0.2) is 52.5 Å². The van der Waals surface area contributed by atoms with Crippen molar-refractivity contribution in [2.24, 2.45) is 5.92 Å². The number of aromatic hydroxyl groups is 1. The number of benzene rings is 1. The minimum atomic E-state index is -0.610. The van der Waals surface area contributed by atoms with Crippen LogP contribution in [0, 0.1) is 5.92 Å². The Morgan fingerprint density at radius 3 is 2.93 bits per heavy atom. The van der Waals surface area contributed by atoms with Crippen molar-refractivity contribution in [3.63, 3.8) is 0 Å². The molecule has 6 rings (SSSR count). The number of phenolic OH excluding ortho intramolecular Hbond substituents is 1. The van der Waals surface area contributed by atoms with Gasteiger partial charge in [-0.25, -0.2) is 0 Å². The molecule has 1 spiro atoms. The Hall–Kier alpha value is -2.08. The standard InChI is InChI=1S/C22H26N2O4/c1-12(25)23-22-7-6-16(27)20-21(22)8-9-24(11-13-2-3-13)17(22)10-14-4-5-15(26)19(28-20)18(14)21/h4-5,13,17,20,26H,2-3,6-11H2,1H3,(H,23,25)/t17-,20+,21+,22?/m1/s1. The zero-order valence-electron chi connectivity index (χ0n) is 16.2. The summed E-state index contributed by atoms with van der Waals surface area (Å²) in [5.74, 6) is 1.38. The summed E-state index contributed by atoms with van der Waals surface area (Å²) in [5, 5.41) is 13.9. The second kappa shape index (κ2) is 5.29. The number of carbonyl (C=O) groups excluding carboxylic acids is 2. The lowest BCUT2D eigenvalue weighted by atomic mass is 9.47. The smallest absolute Gasteiger partial charge is 0.217 e. The van der Waals surface area contributed by atoms with E-state index in [9.17, 15) is 14.7 Å². The Kier molecular flexibility index (Phi) is 3.18. The number of ketones is 1. The van der Waals surface area contributed by atoms with Crippen LogP contribution in [0.4, 0.5) is 0 Å². The molecule has 0 aromatic heterocycles. The number of piperidine rings is 1. The largest absolute Gasteiger partial charge is 0.504 e. The van der Waals surface area contributed by atoms with E-state index in [1.807, 2.05) is 6.07 Å². The number of ether oxygens (including phenoxy) is 1. The highest BCUT2D eigenvalue weighted by Crippen LogP contribution is 2.64. The predicted molar refractivity (Wildman–Crippen MR) is 101 cm³/mol. The molecule has 1 aromatic carbocycles. The average Bonchev–Trinajstić information content (AvgIpc) is 3.38. The molecule has 2 bridgehead atoms. The van der Waals surface area contributed by atoms with Gasteiger partial charge in [-0.05, 0) is 56.2 Å². The molecule has 2 aliphatic heterocycles. The summed E-state index contributed by atoms with van der Waals surface area (Å²) in [6.07, 6.45) is 4.62. The normalized spacial score (nSPS) is 38.0. The molecule has 0 radical (unpaired) electrons. The van der Waals surface area contributed by atoms with E-state index < -0.39 is 17.1 Å². The second-order valence-electron chi connectivity index (χ2n) is 9.44. The number of nitrogens with one attached hydrogen (secondary N) is 1. The number of amides is 1. The number of likely N-dealkylation sites (tertiary alicyclic amines) is 1. The first-order valence-corrected chi connectivity index (χ1v) is 10.5. The highest BCUT2D eigenvalue weighted by Gasteiger charge is 2.73. The summed E-state index contributed by atoms with van der Waals surface area (Å²) in [5.41, 5.74) is 1.06. The Morgan fingerprint density at radius 2 is 2.18 bits per heavy atom. The summed E-state index contributed by atoms with van der Waals surface area (Å²) in [4.78, 5) is 28.0. The fourth-order valence-corrected chi connectivity index (χ4v) is 6.88. The van der Waals surface area contributed by atoms with Crippen molar-refractivity contribution in [3.05, 3.63) is 23.3 Å². The summed E-state index contributed by atoms with van der Waals surface area (Å²) in [6.45, 7) is 3.55. The van der Waals surface area contributed by atoms with Crippen LogP contribution in [0.2, 0.25) is 0 Å². The topological polar surface area (TPSA) is 78.9 Å². The first-order valence-electron chi connectivity index (χ1n) is 10.5. The van der Waals surface area contributed by atoms with Crippen molar-refractivity contribution in [2.75, 3.05) is 13.1 Å². The van der Waals surface area contributed by atoms with Crippen molar-refractivity contribution in [2.45, 2.75) is 68.5 Å². The lowest BCUT2D eigenvalue weighted by molar-refractivity contribution is -0.149. The quantitative estimate of drug-likeness (QED) is 0.831. The van der Waals surface area contributed by atoms with Crippen LogP contribution >= 0.6 is 0 Å². The first kappa shape index (κ1) is 16.8. The SMILES string of the molecule is CC(=O)NC12CCC(=O)[C@@H]3Oc4c(O)ccc5c4[C@@]31CCN(CC1CC1)[C@@H]2C5. The van der Waals surface area contributed by atoms with E-state index in [0.717, 1.165) is 43.0 Å². The molecule has 6 heteroatoms. The summed E-state index contributed by atoms with van der Waals surface area (Å²) >= 11 is 0. The van der Waals surface area contributed by atoms with Gasteiger partial charge in [0.05, 0.1) is 11.0 Å². The van der Waals surface area contributed by atoms with Gasteiger partial charge in [0.25, 0.3) is 0 Å². The van der Waals surface area contributed by atoms with E-state index in [4.69, 9.17) is 4.74 Å². The van der Waals surface area contributed by atoms with Gasteiger partial charge in [0, 0.05) is 31.5 Å². The number of nitrogens with zero attached hydrogens (tertiary/aromatic N) is 1. The van der Waals surface area contributed by atoms with Gasteiger partial charge in [-0.3, -0.25) is 14.5 Å². The number of hydrogen-bond donors (Lipinski definition) is 2. The van der Waals surface area contributed by atoms with Gasteiger partial charge in [0.1, 0.15) is 0 Å². The third-order valence-electron chi connectivity index (χ3n) is 8.01. The van der Waals surface area contributed by atoms with E-state index >= 15 is 0 Å². The lowest BCUT2D eigenvalue weighted by Gasteiger charge is -2.65. The minimum absolute atomic E-state index is 0.0530. The summed E-state index contributed by atoms with van der Waals surface area (Å²) < 4.78 is 6.19. The predicted octanol–water partition coefficient (Wildman–Crippen LogP) is 1.67. The highest BCUT2D eigenvalue weighted by molar-refractivity contribution is 5.91. The summed E-state index contributed by atoms with van der Waals surface area (Å²) in [6, 6.07) is 3.85. The maximum absolute atomic E-state index is 13.0. The molecule has 2 heterocycles. The molecule has 3 fully saturated rings. The fraction of sp³-hybridized carbons (Fsp3) is 0.636. The molecule has 1 amide bonds. The van der Waals surface area contributed by atoms with Crippen LogP contribution < -0.4 is 10.1 Å². The zero-order chi connectivity index (χ0) is 19.3. The van der Waals surface area contributed by atoms with Gasteiger partial charge < -0.3 is 15.2 Å². The number of Topliss-reactive ketones (excluding diaryl/α,β-unsaturated/α-hetero) is 1. The van der Waals surface area contributed by atoms with Crippen molar-refractivity contribution >= 4 is 11.7 Å². The molecule has 148 valence electrons. The monoisotopic (exact) mass is 382 g/mol. The second-order valence-corrected chi connectivity index (χ2v) is 9.44. The van der Waals surface area contributed by atoms with Crippen LogP contribution in [0.25, 0.3) is 0 Å². The third kappa shape index (κ3) is 1.87. The zero-order valence-corrected chi connectivity index (χ0v) is 16.2. The van der Waals surface area contributed by atoms with Crippen LogP contribution in [0.1, 0.15) is 50.2 Å². The molecule has 1 aromatic rings. The maximum atomic E-state index is 13.0. The van der Waals surface area contributed by atoms with Crippen molar-refractivity contribution in [1.82, 2.24) is 10.2 Å². The van der Waals surface area contributed by atoms with Crippen LogP contribution in [0.3, 0.4) is 0 Å². The molecule has 6 nitrogen and oxygen atoms in total. The van der Waals surface area contributed by atoms with Crippen molar-refractivity contribution in [3.8, 4) is 11.5 Å². The van der Waals surface area contributed by atoms with E-state index in [2.05, 4.69) is 10.2 Å². The number of hydrogen-bond acceptors (Lipinski definition) is 5. The molecule has 1 unspecified atom stereocenters. The minimum Gasteiger partial charge on any atom is -0.504 e. The van der Waals surface area contributed by atoms with Gasteiger partial charge in [0.15, 0.2) is 23.4 Å². The molecule has 1 saturated heterocycles. The van der Waals surface area contributed by atoms with Crippen LogP contribution in [0.15, 0.2) is 12.1 Å². The Labute approximate surface area is 164 Å². The molecule has 28 heavy (non-hydrogen) atoms. The van der Waals surface area contributed by atoms with Gasteiger partial charge in [-0.2, -0.15) is 0 Å². The average molecular weight is 382 g/mol. The molecular formula is C22H26N2O4.